The van der Waals surface area contributed by atoms with Gasteiger partial charge < -0.3 is 9.55 Å². The molecule has 3 heterocycles. The number of hydrogen-bond donors (Lipinski definition) is 1. The van der Waals surface area contributed by atoms with Crippen LogP contribution in [0.2, 0.25) is 0 Å². The van der Waals surface area contributed by atoms with Gasteiger partial charge in [0.25, 0.3) is 0 Å². The fourth-order valence-electron chi connectivity index (χ4n) is 5.74. The topological polar surface area (TPSA) is 33.6 Å². The van der Waals surface area contributed by atoms with Crippen LogP contribution in [0.15, 0.2) is 109 Å². The normalized spacial score (nSPS) is 12.1. The van der Waals surface area contributed by atoms with Gasteiger partial charge in [-0.1, -0.05) is 72.8 Å². The number of hydrogen-bond acceptors (Lipinski definition) is 1. The number of nitrogens with one attached hydrogen (secondary N) is 1. The molecule has 0 bridgehead atoms. The van der Waals surface area contributed by atoms with Crippen molar-refractivity contribution in [1.29, 1.82) is 0 Å². The van der Waals surface area contributed by atoms with E-state index < -0.39 is 0 Å². The Morgan fingerprint density at radius 3 is 2.29 bits per heavy atom. The van der Waals surface area contributed by atoms with Gasteiger partial charge >= 0.3 is 0 Å². The maximum absolute atomic E-state index is 4.99. The first-order chi connectivity index (χ1) is 17.3. The Bertz CT molecular complexity index is 2090. The molecule has 3 nitrogen and oxygen atoms in total. The molecule has 0 aliphatic carbocycles. The number of benzene rings is 5. The minimum atomic E-state index is 0.717. The van der Waals surface area contributed by atoms with Crippen LogP contribution in [0.1, 0.15) is 5.69 Å². The third kappa shape index (κ3) is 2.69. The summed E-state index contributed by atoms with van der Waals surface area (Å²) in [5.41, 5.74) is 6.91. The van der Waals surface area contributed by atoms with E-state index in [0.717, 1.165) is 17.8 Å². The van der Waals surface area contributed by atoms with Crippen molar-refractivity contribution in [2.75, 3.05) is 0 Å². The van der Waals surface area contributed by atoms with Crippen molar-refractivity contribution in [1.82, 2.24) is 14.5 Å². The number of aromatic amines is 1. The molecule has 3 aromatic heterocycles. The predicted molar refractivity (Wildman–Crippen MR) is 147 cm³/mol. The Kier molecular flexibility index (Phi) is 3.72. The molecule has 8 aromatic rings. The largest absolute Gasteiger partial charge is 0.354 e. The summed E-state index contributed by atoms with van der Waals surface area (Å²) in [6, 6.07) is 39.1. The molecule has 0 saturated heterocycles. The van der Waals surface area contributed by atoms with Crippen molar-refractivity contribution in [2.45, 2.75) is 6.54 Å². The first-order valence-corrected chi connectivity index (χ1v) is 12.0. The monoisotopic (exact) mass is 447 g/mol. The van der Waals surface area contributed by atoms with Crippen LogP contribution >= 0.6 is 0 Å². The third-order valence-corrected chi connectivity index (χ3v) is 7.36. The van der Waals surface area contributed by atoms with E-state index in [4.69, 9.17) is 4.98 Å². The maximum atomic E-state index is 4.99. The summed E-state index contributed by atoms with van der Waals surface area (Å²) in [6.45, 7) is 0.717. The highest BCUT2D eigenvalue weighted by Crippen LogP contribution is 2.38. The molecule has 0 fully saturated rings. The molecule has 1 N–H and O–H groups in total. The summed E-state index contributed by atoms with van der Waals surface area (Å²) in [7, 11) is 0. The minimum absolute atomic E-state index is 0.717. The lowest BCUT2D eigenvalue weighted by molar-refractivity contribution is 0.841. The fraction of sp³-hybridized carbons (Fsp3) is 0.0312. The van der Waals surface area contributed by atoms with Gasteiger partial charge in [-0.25, -0.2) is 0 Å². The van der Waals surface area contributed by atoms with E-state index in [1.54, 1.807) is 0 Å². The maximum Gasteiger partial charge on any atom is 0.0706 e. The van der Waals surface area contributed by atoms with Gasteiger partial charge in [0.1, 0.15) is 0 Å². The number of fused-ring (bicyclic) bond motifs is 9. The molecule has 0 aliphatic heterocycles. The van der Waals surface area contributed by atoms with Crippen LogP contribution < -0.4 is 0 Å². The molecule has 5 aromatic carbocycles. The van der Waals surface area contributed by atoms with Gasteiger partial charge in [-0.05, 0) is 47.2 Å². The van der Waals surface area contributed by atoms with Crippen molar-refractivity contribution in [3.05, 3.63) is 115 Å². The molecule has 0 saturated carbocycles. The second-order valence-corrected chi connectivity index (χ2v) is 9.35. The molecule has 3 heteroatoms. The smallest absolute Gasteiger partial charge is 0.0706 e. The Balaban J connectivity index is 1.48. The third-order valence-electron chi connectivity index (χ3n) is 7.36. The van der Waals surface area contributed by atoms with Crippen LogP contribution in [-0.2, 0) is 6.54 Å². The Hall–Kier alpha value is -4.63. The van der Waals surface area contributed by atoms with E-state index in [1.807, 2.05) is 0 Å². The van der Waals surface area contributed by atoms with Crippen LogP contribution in [0.25, 0.3) is 65.3 Å². The van der Waals surface area contributed by atoms with Gasteiger partial charge in [-0.3, -0.25) is 4.98 Å². The van der Waals surface area contributed by atoms with Gasteiger partial charge in [0.15, 0.2) is 0 Å². The highest BCUT2D eigenvalue weighted by Gasteiger charge is 2.17. The predicted octanol–water partition coefficient (Wildman–Crippen LogP) is 8.18. The first kappa shape index (κ1) is 18.8. The highest BCUT2D eigenvalue weighted by molar-refractivity contribution is 6.24. The Morgan fingerprint density at radius 1 is 0.571 bits per heavy atom. The van der Waals surface area contributed by atoms with Crippen LogP contribution in [0, 0.1) is 0 Å². The lowest BCUT2D eigenvalue weighted by Gasteiger charge is -2.09. The van der Waals surface area contributed by atoms with Crippen molar-refractivity contribution in [3.63, 3.8) is 0 Å². The van der Waals surface area contributed by atoms with Crippen molar-refractivity contribution >= 4 is 65.3 Å². The van der Waals surface area contributed by atoms with E-state index in [2.05, 4.69) is 119 Å². The van der Waals surface area contributed by atoms with Crippen LogP contribution in [-0.4, -0.2) is 14.5 Å². The van der Waals surface area contributed by atoms with Crippen LogP contribution in [0.4, 0.5) is 0 Å². The number of rotatable bonds is 2. The molecule has 0 unspecified atom stereocenters. The molecular formula is C32H21N3. The van der Waals surface area contributed by atoms with Gasteiger partial charge in [0.05, 0.1) is 28.8 Å². The molecule has 0 spiro atoms. The van der Waals surface area contributed by atoms with Crippen molar-refractivity contribution in [3.8, 4) is 0 Å². The quantitative estimate of drug-likeness (QED) is 0.285. The van der Waals surface area contributed by atoms with Crippen molar-refractivity contribution < 1.29 is 0 Å². The zero-order chi connectivity index (χ0) is 22.9. The lowest BCUT2D eigenvalue weighted by Crippen LogP contribution is -2.01. The molecule has 0 aliphatic rings. The van der Waals surface area contributed by atoms with Gasteiger partial charge in [0, 0.05) is 38.0 Å². The zero-order valence-corrected chi connectivity index (χ0v) is 19.0. The number of nitrogens with zero attached hydrogens (tertiary/aromatic N) is 2. The Morgan fingerprint density at radius 2 is 1.34 bits per heavy atom. The van der Waals surface area contributed by atoms with Crippen LogP contribution in [0.5, 0.6) is 0 Å². The van der Waals surface area contributed by atoms with Crippen molar-refractivity contribution in [2.24, 2.45) is 0 Å². The molecular weight excluding hydrogens is 426 g/mol. The van der Waals surface area contributed by atoms with Gasteiger partial charge in [0.2, 0.25) is 0 Å². The van der Waals surface area contributed by atoms with Crippen LogP contribution in [0.3, 0.4) is 0 Å². The summed E-state index contributed by atoms with van der Waals surface area (Å²) in [6.07, 6.45) is 0. The van der Waals surface area contributed by atoms with E-state index in [1.165, 1.54) is 59.8 Å². The summed E-state index contributed by atoms with van der Waals surface area (Å²) < 4.78 is 2.43. The Labute approximate surface area is 201 Å². The highest BCUT2D eigenvalue weighted by atomic mass is 15.0. The molecule has 8 rings (SSSR count). The number of pyridine rings is 1. The molecule has 164 valence electrons. The molecule has 0 radical (unpaired) electrons. The first-order valence-electron chi connectivity index (χ1n) is 12.0. The molecule has 35 heavy (non-hydrogen) atoms. The average Bonchev–Trinajstić information content (AvgIpc) is 3.42. The van der Waals surface area contributed by atoms with E-state index in [9.17, 15) is 0 Å². The van der Waals surface area contributed by atoms with Gasteiger partial charge in [-0.2, -0.15) is 0 Å². The summed E-state index contributed by atoms with van der Waals surface area (Å²) in [5.74, 6) is 0. The average molecular weight is 448 g/mol. The van der Waals surface area contributed by atoms with E-state index in [-0.39, 0.29) is 0 Å². The SMILES string of the molecule is c1ccc2nc(Cn3c4cc5[nH]c6ccccc6c5cc4c4c5ccccc5ccc43)ccc2c1. The summed E-state index contributed by atoms with van der Waals surface area (Å²) in [4.78, 5) is 8.63. The minimum Gasteiger partial charge on any atom is -0.354 e. The van der Waals surface area contributed by atoms with E-state index in [0.29, 0.717) is 0 Å². The second kappa shape index (κ2) is 6.94. The fourth-order valence-corrected chi connectivity index (χ4v) is 5.74. The summed E-state index contributed by atoms with van der Waals surface area (Å²) in [5, 5.41) is 8.86. The number of H-pyrrole nitrogens is 1. The number of para-hydroxylation sites is 2. The molecule has 0 amide bonds. The standard InChI is InChI=1S/C32H21N3/c1-3-9-23-20(7-1)14-16-30-32(23)26-17-25-24-10-4-6-12-28(24)34-29(25)18-31(26)35(30)19-22-15-13-21-8-2-5-11-27(21)33-22/h1-18,34H,19H2. The summed E-state index contributed by atoms with van der Waals surface area (Å²) >= 11 is 0. The zero-order valence-electron chi connectivity index (χ0n) is 19.0. The lowest BCUT2D eigenvalue weighted by atomic mass is 10.0. The second-order valence-electron chi connectivity index (χ2n) is 9.35. The molecule has 0 atom stereocenters. The van der Waals surface area contributed by atoms with Gasteiger partial charge in [-0.15, -0.1) is 0 Å². The number of aromatic nitrogens is 3. The van der Waals surface area contributed by atoms with E-state index >= 15 is 0 Å².